The quantitative estimate of drug-likeness (QED) is 0.803. The lowest BCUT2D eigenvalue weighted by molar-refractivity contribution is -0.153. The van der Waals surface area contributed by atoms with Crippen molar-refractivity contribution in [2.75, 3.05) is 44.6 Å². The lowest BCUT2D eigenvalue weighted by atomic mass is 9.80. The van der Waals surface area contributed by atoms with Crippen LogP contribution >= 0.6 is 12.4 Å². The molecule has 2 saturated heterocycles. The number of amides is 2. The molecule has 4 rings (SSSR count). The van der Waals surface area contributed by atoms with Crippen LogP contribution in [0, 0.1) is 5.92 Å². The SMILES string of the molecule is CC1CN(CCc2ccccc2)CCC12CN(C(=O)Nc1ccccn1)CCO2.Cl. The molecule has 162 valence electrons. The molecule has 2 aromatic rings. The summed E-state index contributed by atoms with van der Waals surface area (Å²) in [6.45, 7) is 7.17. The fourth-order valence-corrected chi connectivity index (χ4v) is 4.43. The first-order chi connectivity index (χ1) is 14.1. The molecule has 1 aromatic carbocycles. The lowest BCUT2D eigenvalue weighted by Crippen LogP contribution is -2.62. The molecule has 7 heteroatoms. The fraction of sp³-hybridized carbons (Fsp3) is 0.478. The highest BCUT2D eigenvalue weighted by Gasteiger charge is 2.45. The summed E-state index contributed by atoms with van der Waals surface area (Å²) in [5, 5.41) is 2.91. The zero-order chi connectivity index (χ0) is 20.1. The van der Waals surface area contributed by atoms with Crippen LogP contribution in [0.4, 0.5) is 10.6 Å². The van der Waals surface area contributed by atoms with Gasteiger partial charge in [0.05, 0.1) is 18.8 Å². The fourth-order valence-electron chi connectivity index (χ4n) is 4.43. The number of hydrogen-bond acceptors (Lipinski definition) is 4. The summed E-state index contributed by atoms with van der Waals surface area (Å²) >= 11 is 0. The van der Waals surface area contributed by atoms with Gasteiger partial charge in [-0.2, -0.15) is 0 Å². The smallest absolute Gasteiger partial charge is 0.323 e. The number of aromatic nitrogens is 1. The van der Waals surface area contributed by atoms with Gasteiger partial charge in [-0.15, -0.1) is 12.4 Å². The van der Waals surface area contributed by atoms with E-state index in [2.05, 4.69) is 52.5 Å². The van der Waals surface area contributed by atoms with Gasteiger partial charge in [0, 0.05) is 32.4 Å². The Morgan fingerprint density at radius 3 is 2.73 bits per heavy atom. The number of morpholine rings is 1. The number of nitrogens with zero attached hydrogens (tertiary/aromatic N) is 3. The summed E-state index contributed by atoms with van der Waals surface area (Å²) in [5.41, 5.74) is 1.13. The number of benzene rings is 1. The molecule has 2 fully saturated rings. The first kappa shape index (κ1) is 22.5. The number of anilines is 1. The van der Waals surface area contributed by atoms with Crippen molar-refractivity contribution in [3.8, 4) is 0 Å². The Kier molecular flexibility index (Phi) is 7.69. The average Bonchev–Trinajstić information content (AvgIpc) is 2.76. The molecule has 2 amide bonds. The van der Waals surface area contributed by atoms with Gasteiger partial charge in [0.15, 0.2) is 0 Å². The predicted molar refractivity (Wildman–Crippen MR) is 121 cm³/mol. The van der Waals surface area contributed by atoms with Crippen LogP contribution in [0.15, 0.2) is 54.7 Å². The number of urea groups is 1. The Balaban J connectivity index is 0.00000256. The number of likely N-dealkylation sites (tertiary alicyclic amines) is 1. The number of hydrogen-bond donors (Lipinski definition) is 1. The Bertz CT molecular complexity index is 807. The van der Waals surface area contributed by atoms with Crippen molar-refractivity contribution in [1.82, 2.24) is 14.8 Å². The molecule has 30 heavy (non-hydrogen) atoms. The first-order valence-corrected chi connectivity index (χ1v) is 10.5. The number of nitrogens with one attached hydrogen (secondary N) is 1. The van der Waals surface area contributed by atoms with Gasteiger partial charge >= 0.3 is 6.03 Å². The minimum Gasteiger partial charge on any atom is -0.371 e. The van der Waals surface area contributed by atoms with Gasteiger partial charge in [0.1, 0.15) is 5.82 Å². The molecule has 3 heterocycles. The maximum Gasteiger partial charge on any atom is 0.323 e. The molecule has 0 saturated carbocycles. The van der Waals surface area contributed by atoms with Crippen LogP contribution in [0.3, 0.4) is 0 Å². The molecule has 2 aliphatic heterocycles. The third-order valence-corrected chi connectivity index (χ3v) is 6.24. The van der Waals surface area contributed by atoms with Crippen LogP contribution < -0.4 is 5.32 Å². The normalized spacial score (nSPS) is 24.3. The van der Waals surface area contributed by atoms with Crippen LogP contribution in [-0.4, -0.2) is 65.7 Å². The van der Waals surface area contributed by atoms with E-state index in [1.54, 1.807) is 6.20 Å². The molecular formula is C23H31ClN4O2. The molecule has 6 nitrogen and oxygen atoms in total. The summed E-state index contributed by atoms with van der Waals surface area (Å²) in [6.07, 6.45) is 3.71. The summed E-state index contributed by atoms with van der Waals surface area (Å²) in [5.74, 6) is 0.958. The maximum atomic E-state index is 12.7. The van der Waals surface area contributed by atoms with Gasteiger partial charge in [-0.3, -0.25) is 5.32 Å². The Labute approximate surface area is 185 Å². The number of halogens is 1. The van der Waals surface area contributed by atoms with E-state index in [1.165, 1.54) is 5.56 Å². The highest BCUT2D eigenvalue weighted by molar-refractivity contribution is 5.88. The van der Waals surface area contributed by atoms with Crippen molar-refractivity contribution in [3.63, 3.8) is 0 Å². The van der Waals surface area contributed by atoms with Crippen LogP contribution in [0.5, 0.6) is 0 Å². The summed E-state index contributed by atoms with van der Waals surface area (Å²) in [4.78, 5) is 21.3. The van der Waals surface area contributed by atoms with Gasteiger partial charge in [0.2, 0.25) is 0 Å². The molecule has 1 aromatic heterocycles. The number of carbonyl (C=O) groups excluding carboxylic acids is 1. The van der Waals surface area contributed by atoms with E-state index < -0.39 is 0 Å². The van der Waals surface area contributed by atoms with E-state index in [0.29, 0.717) is 31.4 Å². The highest BCUT2D eigenvalue weighted by atomic mass is 35.5. The average molecular weight is 431 g/mol. The van der Waals surface area contributed by atoms with Crippen molar-refractivity contribution < 1.29 is 9.53 Å². The van der Waals surface area contributed by atoms with E-state index in [-0.39, 0.29) is 24.0 Å². The Morgan fingerprint density at radius 2 is 2.00 bits per heavy atom. The Morgan fingerprint density at radius 1 is 1.20 bits per heavy atom. The number of rotatable bonds is 4. The second-order valence-corrected chi connectivity index (χ2v) is 8.17. The minimum atomic E-state index is -0.247. The lowest BCUT2D eigenvalue weighted by Gasteiger charge is -2.51. The van der Waals surface area contributed by atoms with E-state index >= 15 is 0 Å². The predicted octanol–water partition coefficient (Wildman–Crippen LogP) is 3.69. The van der Waals surface area contributed by atoms with E-state index in [4.69, 9.17) is 4.74 Å². The number of ether oxygens (including phenoxy) is 1. The molecular weight excluding hydrogens is 400 g/mol. The molecule has 2 atom stereocenters. The largest absolute Gasteiger partial charge is 0.371 e. The highest BCUT2D eigenvalue weighted by Crippen LogP contribution is 2.35. The van der Waals surface area contributed by atoms with Crippen molar-refractivity contribution in [2.24, 2.45) is 5.92 Å². The van der Waals surface area contributed by atoms with E-state index in [0.717, 1.165) is 32.5 Å². The van der Waals surface area contributed by atoms with E-state index in [1.807, 2.05) is 23.1 Å². The van der Waals surface area contributed by atoms with Gasteiger partial charge in [-0.05, 0) is 36.5 Å². The topological polar surface area (TPSA) is 57.7 Å². The molecule has 0 bridgehead atoms. The molecule has 0 radical (unpaired) electrons. The van der Waals surface area contributed by atoms with Crippen LogP contribution in [-0.2, 0) is 11.2 Å². The molecule has 2 unspecified atom stereocenters. The third-order valence-electron chi connectivity index (χ3n) is 6.24. The maximum absolute atomic E-state index is 12.7. The molecule has 0 aliphatic carbocycles. The standard InChI is InChI=1S/C23H30N4O2.ClH/c1-19-17-26(13-10-20-7-3-2-4-8-20)14-11-23(19)18-27(15-16-29-23)22(28)25-21-9-5-6-12-24-21;/h2-9,12,19H,10-11,13-18H2,1H3,(H,24,25,28);1H. The van der Waals surface area contributed by atoms with Gasteiger partial charge in [-0.25, -0.2) is 9.78 Å². The Hall–Kier alpha value is -2.15. The summed E-state index contributed by atoms with van der Waals surface area (Å²) in [7, 11) is 0. The zero-order valence-corrected chi connectivity index (χ0v) is 18.3. The molecule has 1 N–H and O–H groups in total. The van der Waals surface area contributed by atoms with Crippen LogP contribution in [0.2, 0.25) is 0 Å². The van der Waals surface area contributed by atoms with Crippen molar-refractivity contribution >= 4 is 24.3 Å². The summed E-state index contributed by atoms with van der Waals surface area (Å²) in [6, 6.07) is 16.1. The zero-order valence-electron chi connectivity index (χ0n) is 17.5. The van der Waals surface area contributed by atoms with Crippen molar-refractivity contribution in [2.45, 2.75) is 25.4 Å². The first-order valence-electron chi connectivity index (χ1n) is 10.5. The monoisotopic (exact) mass is 430 g/mol. The second-order valence-electron chi connectivity index (χ2n) is 8.17. The van der Waals surface area contributed by atoms with Gasteiger partial charge in [-0.1, -0.05) is 43.3 Å². The molecule has 2 aliphatic rings. The van der Waals surface area contributed by atoms with Crippen molar-refractivity contribution in [3.05, 3.63) is 60.3 Å². The van der Waals surface area contributed by atoms with E-state index in [9.17, 15) is 4.79 Å². The second kappa shape index (κ2) is 10.2. The van der Waals surface area contributed by atoms with Crippen molar-refractivity contribution in [1.29, 1.82) is 0 Å². The number of pyridine rings is 1. The number of piperidine rings is 1. The summed E-state index contributed by atoms with van der Waals surface area (Å²) < 4.78 is 6.30. The molecule has 1 spiro atoms. The number of carbonyl (C=O) groups is 1. The van der Waals surface area contributed by atoms with Gasteiger partial charge < -0.3 is 14.5 Å². The van der Waals surface area contributed by atoms with Crippen LogP contribution in [0.1, 0.15) is 18.9 Å². The minimum absolute atomic E-state index is 0. The third kappa shape index (κ3) is 5.31. The van der Waals surface area contributed by atoms with Crippen LogP contribution in [0.25, 0.3) is 0 Å². The van der Waals surface area contributed by atoms with Gasteiger partial charge in [0.25, 0.3) is 0 Å².